The zero-order valence-electron chi connectivity index (χ0n) is 8.20. The van der Waals surface area contributed by atoms with Gasteiger partial charge in [-0.3, -0.25) is 4.79 Å². The summed E-state index contributed by atoms with van der Waals surface area (Å²) in [7, 11) is 0. The van der Waals surface area contributed by atoms with Crippen molar-refractivity contribution in [3.63, 3.8) is 0 Å². The highest BCUT2D eigenvalue weighted by molar-refractivity contribution is 5.86. The van der Waals surface area contributed by atoms with Crippen molar-refractivity contribution in [1.82, 2.24) is 5.32 Å². The second-order valence-corrected chi connectivity index (χ2v) is 3.90. The van der Waals surface area contributed by atoms with Gasteiger partial charge in [0.15, 0.2) is 0 Å². The number of carbonyl (C=O) groups excluding carboxylic acids is 1. The minimum atomic E-state index is -0.789. The van der Waals surface area contributed by atoms with Gasteiger partial charge in [0.2, 0.25) is 5.91 Å². The lowest BCUT2D eigenvalue weighted by atomic mass is 9.98. The molecule has 1 fully saturated rings. The number of nitrogens with one attached hydrogen (secondary N) is 1. The quantitative estimate of drug-likeness (QED) is 0.457. The number of aliphatic hydroxyl groups excluding tert-OH is 2. The fourth-order valence-corrected chi connectivity index (χ4v) is 1.71. The Kier molecular flexibility index (Phi) is 3.86. The fraction of sp³-hybridized carbons (Fsp3) is 0.889. The van der Waals surface area contributed by atoms with Gasteiger partial charge in [0.1, 0.15) is 0 Å². The maximum atomic E-state index is 11.6. The minimum absolute atomic E-state index is 0.261. The van der Waals surface area contributed by atoms with Gasteiger partial charge >= 0.3 is 0 Å². The Bertz CT molecular complexity index is 198. The van der Waals surface area contributed by atoms with Crippen LogP contribution in [0.4, 0.5) is 0 Å². The summed E-state index contributed by atoms with van der Waals surface area (Å²) in [5.41, 5.74) is 5.10. The van der Waals surface area contributed by atoms with Crippen molar-refractivity contribution >= 4 is 5.91 Å². The van der Waals surface area contributed by atoms with E-state index in [1.165, 1.54) is 0 Å². The third-order valence-electron chi connectivity index (χ3n) is 2.72. The lowest BCUT2D eigenvalue weighted by Gasteiger charge is -2.25. The van der Waals surface area contributed by atoms with Crippen molar-refractivity contribution in [1.29, 1.82) is 0 Å². The molecule has 0 aliphatic heterocycles. The largest absolute Gasteiger partial charge is 0.394 e. The maximum absolute atomic E-state index is 11.6. The number of aliphatic hydroxyl groups is 2. The zero-order chi connectivity index (χ0) is 10.6. The molecule has 5 nitrogen and oxygen atoms in total. The number of rotatable bonds is 4. The summed E-state index contributed by atoms with van der Waals surface area (Å²) < 4.78 is 0. The summed E-state index contributed by atoms with van der Waals surface area (Å²) in [6.45, 7) is -0.531. The van der Waals surface area contributed by atoms with Crippen LogP contribution in [0.1, 0.15) is 25.7 Å². The van der Waals surface area contributed by atoms with Crippen molar-refractivity contribution in [3.8, 4) is 0 Å². The molecule has 1 saturated carbocycles. The average Bonchev–Trinajstić information content (AvgIpc) is 2.62. The van der Waals surface area contributed by atoms with Gasteiger partial charge in [0.05, 0.1) is 24.8 Å². The van der Waals surface area contributed by atoms with Crippen LogP contribution in [0, 0.1) is 0 Å². The van der Waals surface area contributed by atoms with E-state index in [1.807, 2.05) is 0 Å². The predicted molar refractivity (Wildman–Crippen MR) is 51.5 cm³/mol. The molecule has 0 spiro atoms. The molecule has 1 rings (SSSR count). The maximum Gasteiger partial charge on any atom is 0.240 e. The first kappa shape index (κ1) is 11.4. The highest BCUT2D eigenvalue weighted by Crippen LogP contribution is 2.27. The van der Waals surface area contributed by atoms with E-state index in [-0.39, 0.29) is 19.1 Å². The predicted octanol–water partition coefficient (Wildman–Crippen LogP) is -1.27. The molecule has 14 heavy (non-hydrogen) atoms. The van der Waals surface area contributed by atoms with Crippen LogP contribution in [-0.2, 0) is 4.79 Å². The fourth-order valence-electron chi connectivity index (χ4n) is 1.71. The highest BCUT2D eigenvalue weighted by Gasteiger charge is 2.37. The Morgan fingerprint density at radius 3 is 2.29 bits per heavy atom. The van der Waals surface area contributed by atoms with E-state index in [0.29, 0.717) is 12.8 Å². The van der Waals surface area contributed by atoms with Gasteiger partial charge in [-0.15, -0.1) is 0 Å². The molecule has 0 aromatic heterocycles. The first-order chi connectivity index (χ1) is 6.62. The Morgan fingerprint density at radius 2 is 1.86 bits per heavy atom. The monoisotopic (exact) mass is 202 g/mol. The molecule has 1 aliphatic carbocycles. The van der Waals surface area contributed by atoms with Crippen LogP contribution < -0.4 is 11.1 Å². The summed E-state index contributed by atoms with van der Waals surface area (Å²) in [5, 5.41) is 20.1. The zero-order valence-corrected chi connectivity index (χ0v) is 8.20. The lowest BCUT2D eigenvalue weighted by Crippen LogP contribution is -2.55. The van der Waals surface area contributed by atoms with Gasteiger partial charge in [0, 0.05) is 0 Å². The van der Waals surface area contributed by atoms with Crippen LogP contribution in [-0.4, -0.2) is 40.9 Å². The molecule has 0 aromatic carbocycles. The third-order valence-corrected chi connectivity index (χ3v) is 2.72. The summed E-state index contributed by atoms with van der Waals surface area (Å²) >= 11 is 0. The summed E-state index contributed by atoms with van der Waals surface area (Å²) in [6.07, 6.45) is 3.30. The van der Waals surface area contributed by atoms with E-state index in [9.17, 15) is 4.79 Å². The van der Waals surface area contributed by atoms with E-state index in [4.69, 9.17) is 15.9 Å². The molecule has 0 saturated heterocycles. The van der Waals surface area contributed by atoms with Crippen LogP contribution in [0.15, 0.2) is 0 Å². The number of hydrogen-bond acceptors (Lipinski definition) is 4. The van der Waals surface area contributed by atoms with Crippen LogP contribution >= 0.6 is 0 Å². The molecular weight excluding hydrogens is 184 g/mol. The highest BCUT2D eigenvalue weighted by atomic mass is 16.3. The SMILES string of the molecule is NC1(C(=O)NC(CO)CO)CCCC1. The molecule has 0 unspecified atom stereocenters. The Morgan fingerprint density at radius 1 is 1.36 bits per heavy atom. The molecule has 0 aromatic rings. The Balaban J connectivity index is 2.48. The molecule has 0 bridgehead atoms. The number of carbonyl (C=O) groups is 1. The van der Waals surface area contributed by atoms with Crippen LogP contribution in [0.2, 0.25) is 0 Å². The Labute approximate surface area is 83.3 Å². The summed E-state index contributed by atoms with van der Waals surface area (Å²) in [6, 6.07) is -0.594. The molecule has 0 atom stereocenters. The minimum Gasteiger partial charge on any atom is -0.394 e. The van der Waals surface area contributed by atoms with E-state index in [0.717, 1.165) is 12.8 Å². The first-order valence-corrected chi connectivity index (χ1v) is 4.94. The van der Waals surface area contributed by atoms with Gasteiger partial charge in [-0.25, -0.2) is 0 Å². The molecular formula is C9H18N2O3. The molecule has 82 valence electrons. The average molecular weight is 202 g/mol. The summed E-state index contributed by atoms with van der Waals surface area (Å²) in [5.74, 6) is -0.261. The van der Waals surface area contributed by atoms with E-state index in [2.05, 4.69) is 5.32 Å². The molecule has 5 heteroatoms. The third kappa shape index (κ3) is 2.43. The van der Waals surface area contributed by atoms with Gasteiger partial charge in [0.25, 0.3) is 0 Å². The van der Waals surface area contributed by atoms with Crippen molar-refractivity contribution in [2.75, 3.05) is 13.2 Å². The van der Waals surface area contributed by atoms with Crippen molar-refractivity contribution in [2.45, 2.75) is 37.3 Å². The molecule has 1 amide bonds. The van der Waals surface area contributed by atoms with Gasteiger partial charge in [-0.2, -0.15) is 0 Å². The standard InChI is InChI=1S/C9H18N2O3/c10-9(3-1-2-4-9)8(14)11-7(5-12)6-13/h7,12-13H,1-6,10H2,(H,11,14). The van der Waals surface area contributed by atoms with Crippen LogP contribution in [0.3, 0.4) is 0 Å². The molecule has 1 aliphatic rings. The second-order valence-electron chi connectivity index (χ2n) is 3.90. The van der Waals surface area contributed by atoms with Crippen molar-refractivity contribution in [2.24, 2.45) is 5.73 Å². The number of hydrogen-bond donors (Lipinski definition) is 4. The van der Waals surface area contributed by atoms with E-state index >= 15 is 0 Å². The molecule has 0 heterocycles. The van der Waals surface area contributed by atoms with E-state index < -0.39 is 11.6 Å². The first-order valence-electron chi connectivity index (χ1n) is 4.94. The summed E-state index contributed by atoms with van der Waals surface area (Å²) in [4.78, 5) is 11.6. The smallest absolute Gasteiger partial charge is 0.240 e. The van der Waals surface area contributed by atoms with Crippen LogP contribution in [0.5, 0.6) is 0 Å². The lowest BCUT2D eigenvalue weighted by molar-refractivity contribution is -0.127. The Hall–Kier alpha value is -0.650. The topological polar surface area (TPSA) is 95.6 Å². The molecule has 0 radical (unpaired) electrons. The van der Waals surface area contributed by atoms with Crippen molar-refractivity contribution < 1.29 is 15.0 Å². The number of nitrogens with two attached hydrogens (primary N) is 1. The van der Waals surface area contributed by atoms with Crippen molar-refractivity contribution in [3.05, 3.63) is 0 Å². The number of amides is 1. The van der Waals surface area contributed by atoms with E-state index in [1.54, 1.807) is 0 Å². The second kappa shape index (κ2) is 4.72. The van der Waals surface area contributed by atoms with Gasteiger partial charge < -0.3 is 21.3 Å². The van der Waals surface area contributed by atoms with Gasteiger partial charge in [-0.1, -0.05) is 12.8 Å². The molecule has 5 N–H and O–H groups in total. The normalized spacial score (nSPS) is 20.0. The van der Waals surface area contributed by atoms with Crippen LogP contribution in [0.25, 0.3) is 0 Å². The van der Waals surface area contributed by atoms with Gasteiger partial charge in [-0.05, 0) is 12.8 Å².